The molecule has 0 N–H and O–H groups in total. The molecule has 1 atom stereocenters. The molecule has 0 radical (unpaired) electrons. The second kappa shape index (κ2) is 10.2. The van der Waals surface area contributed by atoms with E-state index >= 15 is 0 Å². The zero-order valence-electron chi connectivity index (χ0n) is 22.7. The van der Waals surface area contributed by atoms with Crippen molar-refractivity contribution in [1.29, 1.82) is 0 Å². The summed E-state index contributed by atoms with van der Waals surface area (Å²) >= 11 is 0. The molecule has 0 spiro atoms. The highest BCUT2D eigenvalue weighted by Crippen LogP contribution is 2.41. The van der Waals surface area contributed by atoms with Crippen molar-refractivity contribution < 1.29 is 9.59 Å². The van der Waals surface area contributed by atoms with Crippen LogP contribution in [0.25, 0.3) is 0 Å². The Morgan fingerprint density at radius 1 is 0.974 bits per heavy atom. The summed E-state index contributed by atoms with van der Waals surface area (Å²) in [4.78, 5) is 41.2. The topological polar surface area (TPSA) is 69.6 Å². The summed E-state index contributed by atoms with van der Waals surface area (Å²) < 4.78 is 0. The van der Waals surface area contributed by atoms with Gasteiger partial charge in [0.2, 0.25) is 5.91 Å². The van der Waals surface area contributed by atoms with Gasteiger partial charge in [0.1, 0.15) is 6.33 Å². The largest absolute Gasteiger partial charge is 0.377 e. The molecule has 3 fully saturated rings. The van der Waals surface area contributed by atoms with Crippen molar-refractivity contribution in [2.24, 2.45) is 11.8 Å². The molecule has 2 amide bonds. The number of aryl methyl sites for hydroxylation is 2. The molecule has 3 aliphatic heterocycles. The van der Waals surface area contributed by atoms with E-state index in [1.54, 1.807) is 0 Å². The van der Waals surface area contributed by atoms with Gasteiger partial charge in [0.05, 0.1) is 17.0 Å². The summed E-state index contributed by atoms with van der Waals surface area (Å²) in [5, 5.41) is 0. The van der Waals surface area contributed by atoms with Gasteiger partial charge in [-0.25, -0.2) is 9.97 Å². The number of aromatic nitrogens is 2. The molecule has 2 aromatic rings. The van der Waals surface area contributed by atoms with Gasteiger partial charge in [-0.15, -0.1) is 0 Å². The summed E-state index contributed by atoms with van der Waals surface area (Å²) in [7, 11) is 0. The SMILES string of the molecule is Cc1ncnc(C)c1C(=O)N1CC2=CN(CCC3(c4ccccc4)CCN(C(=O)C4CCC4)CC3)CC2C1. The second-order valence-electron chi connectivity index (χ2n) is 11.9. The third-order valence-corrected chi connectivity index (χ3v) is 9.62. The number of nitrogens with zero attached hydrogens (tertiary/aromatic N) is 5. The molecule has 1 aliphatic carbocycles. The number of benzene rings is 1. The van der Waals surface area contributed by atoms with Gasteiger partial charge >= 0.3 is 0 Å². The van der Waals surface area contributed by atoms with Crippen LogP contribution < -0.4 is 0 Å². The maximum Gasteiger partial charge on any atom is 0.257 e. The molecule has 2 saturated heterocycles. The number of carbonyl (C=O) groups excluding carboxylic acids is 2. The molecule has 1 aromatic carbocycles. The standard InChI is InChI=1S/C31H39N5O2/c1-22-28(23(2)33-21-32-22)30(38)36-19-25-17-34(18-26(25)20-36)14-11-31(27-9-4-3-5-10-27)12-15-35(16-13-31)29(37)24-7-6-8-24/h3-5,9-10,17,21,24,26H,6-8,11-16,18-20H2,1-2H3. The molecule has 7 heteroatoms. The van der Waals surface area contributed by atoms with Crippen molar-refractivity contribution in [3.63, 3.8) is 0 Å². The number of fused-ring (bicyclic) bond motifs is 1. The molecule has 1 aromatic heterocycles. The second-order valence-corrected chi connectivity index (χ2v) is 11.9. The predicted octanol–water partition coefficient (Wildman–Crippen LogP) is 4.12. The van der Waals surface area contributed by atoms with Crippen molar-refractivity contribution in [1.82, 2.24) is 24.7 Å². The Balaban J connectivity index is 1.10. The van der Waals surface area contributed by atoms with Crippen LogP contribution in [0.5, 0.6) is 0 Å². The Kier molecular flexibility index (Phi) is 6.70. The van der Waals surface area contributed by atoms with Crippen LogP contribution in [0, 0.1) is 25.7 Å². The van der Waals surface area contributed by atoms with Crippen molar-refractivity contribution in [3.8, 4) is 0 Å². The third kappa shape index (κ3) is 4.61. The Labute approximate surface area is 225 Å². The number of carbonyl (C=O) groups is 2. The van der Waals surface area contributed by atoms with Crippen LogP contribution in [-0.2, 0) is 10.2 Å². The summed E-state index contributed by atoms with van der Waals surface area (Å²) in [6, 6.07) is 11.0. The van der Waals surface area contributed by atoms with Crippen LogP contribution >= 0.6 is 0 Å². The molecule has 1 unspecified atom stereocenters. The van der Waals surface area contributed by atoms with Crippen LogP contribution in [0.2, 0.25) is 0 Å². The summed E-state index contributed by atoms with van der Waals surface area (Å²) in [6.07, 6.45) is 10.3. The van der Waals surface area contributed by atoms with E-state index in [1.165, 1.54) is 23.9 Å². The zero-order valence-corrected chi connectivity index (χ0v) is 22.7. The molecule has 38 heavy (non-hydrogen) atoms. The molecule has 6 rings (SSSR count). The molecule has 0 bridgehead atoms. The molecular formula is C31H39N5O2. The fourth-order valence-corrected chi connectivity index (χ4v) is 6.96. The molecule has 4 heterocycles. The van der Waals surface area contributed by atoms with Gasteiger partial charge in [0.15, 0.2) is 0 Å². The average molecular weight is 514 g/mol. The maximum absolute atomic E-state index is 13.2. The Bertz CT molecular complexity index is 1210. The van der Waals surface area contributed by atoms with E-state index in [9.17, 15) is 9.59 Å². The number of likely N-dealkylation sites (tertiary alicyclic amines) is 2. The summed E-state index contributed by atoms with van der Waals surface area (Å²) in [6.45, 7) is 8.93. The first-order valence-corrected chi connectivity index (χ1v) is 14.3. The number of hydrogen-bond donors (Lipinski definition) is 0. The molecule has 7 nitrogen and oxygen atoms in total. The highest BCUT2D eigenvalue weighted by atomic mass is 16.2. The van der Waals surface area contributed by atoms with Gasteiger partial charge in [-0.1, -0.05) is 36.8 Å². The normalized spacial score (nSPS) is 22.7. The Hall–Kier alpha value is -3.22. The number of piperidine rings is 1. The lowest BCUT2D eigenvalue weighted by molar-refractivity contribution is -0.139. The van der Waals surface area contributed by atoms with Crippen molar-refractivity contribution in [2.45, 2.75) is 57.8 Å². The van der Waals surface area contributed by atoms with Gasteiger partial charge in [-0.2, -0.15) is 0 Å². The van der Waals surface area contributed by atoms with Crippen molar-refractivity contribution in [3.05, 3.63) is 70.9 Å². The van der Waals surface area contributed by atoms with Crippen molar-refractivity contribution >= 4 is 11.8 Å². The molecule has 4 aliphatic rings. The fourth-order valence-electron chi connectivity index (χ4n) is 6.96. The van der Waals surface area contributed by atoms with E-state index < -0.39 is 0 Å². The predicted molar refractivity (Wildman–Crippen MR) is 146 cm³/mol. The highest BCUT2D eigenvalue weighted by Gasteiger charge is 2.41. The number of hydrogen-bond acceptors (Lipinski definition) is 5. The molecular weight excluding hydrogens is 474 g/mol. The third-order valence-electron chi connectivity index (χ3n) is 9.62. The summed E-state index contributed by atoms with van der Waals surface area (Å²) in [5.74, 6) is 1.12. The quantitative estimate of drug-likeness (QED) is 0.581. The molecule has 200 valence electrons. The van der Waals surface area contributed by atoms with Crippen LogP contribution in [0.15, 0.2) is 48.4 Å². The molecule has 1 saturated carbocycles. The van der Waals surface area contributed by atoms with E-state index in [2.05, 4.69) is 56.3 Å². The first-order valence-electron chi connectivity index (χ1n) is 14.3. The Morgan fingerprint density at radius 3 is 2.32 bits per heavy atom. The first kappa shape index (κ1) is 25.1. The van der Waals surface area contributed by atoms with Gasteiger partial charge in [-0.3, -0.25) is 9.59 Å². The van der Waals surface area contributed by atoms with Gasteiger partial charge in [0.25, 0.3) is 5.91 Å². The van der Waals surface area contributed by atoms with Gasteiger partial charge in [-0.05, 0) is 57.1 Å². The zero-order chi connectivity index (χ0) is 26.3. The van der Waals surface area contributed by atoms with Crippen LogP contribution in [0.4, 0.5) is 0 Å². The minimum atomic E-state index is 0.0497. The maximum atomic E-state index is 13.2. The Morgan fingerprint density at radius 2 is 1.68 bits per heavy atom. The lowest BCUT2D eigenvalue weighted by Gasteiger charge is -2.44. The van der Waals surface area contributed by atoms with E-state index in [4.69, 9.17) is 0 Å². The average Bonchev–Trinajstić information content (AvgIpc) is 3.46. The summed E-state index contributed by atoms with van der Waals surface area (Å²) in [5.41, 5.74) is 5.04. The number of amides is 2. The van der Waals surface area contributed by atoms with E-state index in [0.29, 0.717) is 23.9 Å². The minimum absolute atomic E-state index is 0.0497. The lowest BCUT2D eigenvalue weighted by Crippen LogP contribution is -2.48. The highest BCUT2D eigenvalue weighted by molar-refractivity contribution is 5.96. The first-order chi connectivity index (χ1) is 18.4. The van der Waals surface area contributed by atoms with E-state index in [-0.39, 0.29) is 17.2 Å². The van der Waals surface area contributed by atoms with Crippen molar-refractivity contribution in [2.75, 3.05) is 39.3 Å². The lowest BCUT2D eigenvalue weighted by atomic mass is 9.70. The fraction of sp³-hybridized carbons (Fsp3) is 0.548. The monoisotopic (exact) mass is 513 g/mol. The van der Waals surface area contributed by atoms with Crippen LogP contribution in [0.3, 0.4) is 0 Å². The smallest absolute Gasteiger partial charge is 0.257 e. The minimum Gasteiger partial charge on any atom is -0.377 e. The van der Waals surface area contributed by atoms with E-state index in [1.807, 2.05) is 18.7 Å². The van der Waals surface area contributed by atoms with Crippen LogP contribution in [-0.4, -0.2) is 75.8 Å². The number of rotatable bonds is 6. The van der Waals surface area contributed by atoms with Gasteiger partial charge in [0, 0.05) is 62.7 Å². The van der Waals surface area contributed by atoms with Crippen LogP contribution in [0.1, 0.15) is 65.8 Å². The van der Waals surface area contributed by atoms with Gasteiger partial charge < -0.3 is 14.7 Å². The van der Waals surface area contributed by atoms with E-state index in [0.717, 1.165) is 76.2 Å².